The van der Waals surface area contributed by atoms with Gasteiger partial charge in [-0.3, -0.25) is 4.79 Å². The number of nitrogens with two attached hydrogens (primary N) is 1. The van der Waals surface area contributed by atoms with Crippen LogP contribution in [0.3, 0.4) is 0 Å². The molecule has 2 atom stereocenters. The van der Waals surface area contributed by atoms with Crippen LogP contribution in [0.2, 0.25) is 0 Å². The van der Waals surface area contributed by atoms with Crippen molar-refractivity contribution in [1.82, 2.24) is 0 Å². The van der Waals surface area contributed by atoms with Gasteiger partial charge in [-0.2, -0.15) is 0 Å². The molecule has 1 aromatic carbocycles. The number of rotatable bonds is 3. The highest BCUT2D eigenvalue weighted by Gasteiger charge is 2.29. The molecule has 108 valence electrons. The Labute approximate surface area is 118 Å². The second kappa shape index (κ2) is 5.81. The van der Waals surface area contributed by atoms with E-state index in [9.17, 15) is 4.79 Å². The molecule has 1 amide bonds. The Morgan fingerprint density at radius 2 is 2.30 bits per heavy atom. The number of fused-ring (bicyclic) bond motifs is 1. The molecule has 0 unspecified atom stereocenters. The third kappa shape index (κ3) is 2.78. The van der Waals surface area contributed by atoms with E-state index in [2.05, 4.69) is 5.32 Å². The number of hydrogen-bond donors (Lipinski definition) is 2. The number of benzene rings is 1. The summed E-state index contributed by atoms with van der Waals surface area (Å²) in [6, 6.07) is 5.78. The highest BCUT2D eigenvalue weighted by Crippen LogP contribution is 2.28. The number of amides is 1. The molecular weight excluding hydrogens is 256 g/mol. The topological polar surface area (TPSA) is 73.6 Å². The van der Waals surface area contributed by atoms with Crippen LogP contribution < -0.4 is 15.8 Å². The zero-order valence-corrected chi connectivity index (χ0v) is 11.4. The van der Waals surface area contributed by atoms with Gasteiger partial charge in [0.25, 0.3) is 5.91 Å². The molecular formula is C15H20N2O3. The molecule has 3 N–H and O–H groups in total. The molecule has 1 aromatic rings. The fraction of sp³-hybridized carbons (Fsp3) is 0.533. The van der Waals surface area contributed by atoms with Crippen LogP contribution in [-0.2, 0) is 16.0 Å². The van der Waals surface area contributed by atoms with Gasteiger partial charge in [0.05, 0.1) is 12.7 Å². The average Bonchev–Trinajstić information content (AvgIpc) is 2.96. The van der Waals surface area contributed by atoms with Crippen molar-refractivity contribution >= 4 is 11.6 Å². The number of ether oxygens (including phenoxy) is 2. The second-order valence-electron chi connectivity index (χ2n) is 5.32. The quantitative estimate of drug-likeness (QED) is 0.876. The maximum absolute atomic E-state index is 12.1. The first-order valence-electron chi connectivity index (χ1n) is 7.18. The van der Waals surface area contributed by atoms with Crippen LogP contribution in [0.4, 0.5) is 5.69 Å². The Balaban J connectivity index is 1.64. The lowest BCUT2D eigenvalue weighted by Crippen LogP contribution is -2.29. The van der Waals surface area contributed by atoms with Gasteiger partial charge in [-0.1, -0.05) is 0 Å². The Bertz CT molecular complexity index is 504. The summed E-state index contributed by atoms with van der Waals surface area (Å²) in [5, 5.41) is 2.92. The molecule has 2 heterocycles. The van der Waals surface area contributed by atoms with Gasteiger partial charge in [0.2, 0.25) is 0 Å². The van der Waals surface area contributed by atoms with Gasteiger partial charge in [-0.15, -0.1) is 0 Å². The lowest BCUT2D eigenvalue weighted by atomic mass is 10.1. The maximum Gasteiger partial charge on any atom is 0.253 e. The lowest BCUT2D eigenvalue weighted by molar-refractivity contribution is -0.126. The predicted molar refractivity (Wildman–Crippen MR) is 75.8 cm³/mol. The molecule has 0 saturated carbocycles. The van der Waals surface area contributed by atoms with Crippen LogP contribution in [-0.4, -0.2) is 31.3 Å². The Hall–Kier alpha value is -1.59. The number of carbonyl (C=O) groups excluding carboxylic acids is 1. The van der Waals surface area contributed by atoms with Gasteiger partial charge in [-0.25, -0.2) is 0 Å². The first-order chi connectivity index (χ1) is 9.76. The van der Waals surface area contributed by atoms with Gasteiger partial charge in [-0.05, 0) is 49.4 Å². The molecule has 3 rings (SSSR count). The molecule has 1 fully saturated rings. The van der Waals surface area contributed by atoms with Gasteiger partial charge < -0.3 is 20.5 Å². The van der Waals surface area contributed by atoms with Gasteiger partial charge in [0.1, 0.15) is 11.9 Å². The fourth-order valence-electron chi connectivity index (χ4n) is 2.73. The molecule has 2 aliphatic rings. The SMILES string of the molecule is NC[C@H]1CC[C@@H](C(=O)Nc2ccc3c(c2)CCCO3)O1. The van der Waals surface area contributed by atoms with E-state index in [1.165, 1.54) is 0 Å². The molecule has 0 bridgehead atoms. The molecule has 0 spiro atoms. The normalized spacial score (nSPS) is 24.9. The summed E-state index contributed by atoms with van der Waals surface area (Å²) in [5.41, 5.74) is 7.51. The van der Waals surface area contributed by atoms with Crippen molar-refractivity contribution in [2.24, 2.45) is 5.73 Å². The van der Waals surface area contributed by atoms with Crippen LogP contribution in [0.25, 0.3) is 0 Å². The third-order valence-corrected chi connectivity index (χ3v) is 3.84. The van der Waals surface area contributed by atoms with E-state index in [4.69, 9.17) is 15.2 Å². The minimum Gasteiger partial charge on any atom is -0.493 e. The molecule has 2 aliphatic heterocycles. The van der Waals surface area contributed by atoms with Gasteiger partial charge in [0.15, 0.2) is 0 Å². The third-order valence-electron chi connectivity index (χ3n) is 3.84. The van der Waals surface area contributed by atoms with Crippen LogP contribution in [0, 0.1) is 0 Å². The van der Waals surface area contributed by atoms with Crippen molar-refractivity contribution in [2.45, 2.75) is 37.9 Å². The summed E-state index contributed by atoms with van der Waals surface area (Å²) >= 11 is 0. The predicted octanol–water partition coefficient (Wildman–Crippen LogP) is 1.46. The van der Waals surface area contributed by atoms with Gasteiger partial charge >= 0.3 is 0 Å². The second-order valence-corrected chi connectivity index (χ2v) is 5.32. The Morgan fingerprint density at radius 1 is 1.40 bits per heavy atom. The smallest absolute Gasteiger partial charge is 0.253 e. The van der Waals surface area contributed by atoms with Crippen molar-refractivity contribution < 1.29 is 14.3 Å². The molecule has 5 heteroatoms. The number of aryl methyl sites for hydroxylation is 1. The van der Waals surface area contributed by atoms with E-state index in [0.29, 0.717) is 6.54 Å². The van der Waals surface area contributed by atoms with Crippen molar-refractivity contribution in [1.29, 1.82) is 0 Å². The van der Waals surface area contributed by atoms with E-state index in [0.717, 1.165) is 49.3 Å². The van der Waals surface area contributed by atoms with Crippen molar-refractivity contribution in [3.05, 3.63) is 23.8 Å². The van der Waals surface area contributed by atoms with Crippen molar-refractivity contribution in [2.75, 3.05) is 18.5 Å². The minimum atomic E-state index is -0.379. The molecule has 0 aliphatic carbocycles. The first kappa shape index (κ1) is 13.4. The standard InChI is InChI=1S/C15H20N2O3/c16-9-12-4-6-14(20-12)15(18)17-11-3-5-13-10(8-11)2-1-7-19-13/h3,5,8,12,14H,1-2,4,6-7,9,16H2,(H,17,18)/t12-,14+/m1/s1. The molecule has 20 heavy (non-hydrogen) atoms. The van der Waals surface area contributed by atoms with E-state index >= 15 is 0 Å². The number of nitrogens with one attached hydrogen (secondary N) is 1. The van der Waals surface area contributed by atoms with Gasteiger partial charge in [0, 0.05) is 12.2 Å². The highest BCUT2D eigenvalue weighted by molar-refractivity contribution is 5.94. The average molecular weight is 276 g/mol. The summed E-state index contributed by atoms with van der Waals surface area (Å²) in [4.78, 5) is 12.1. The first-order valence-corrected chi connectivity index (χ1v) is 7.18. The molecule has 0 radical (unpaired) electrons. The van der Waals surface area contributed by atoms with E-state index in [1.54, 1.807) is 0 Å². The minimum absolute atomic E-state index is 0.0164. The molecule has 5 nitrogen and oxygen atoms in total. The Kier molecular flexibility index (Phi) is 3.89. The lowest BCUT2D eigenvalue weighted by Gasteiger charge is -2.18. The van der Waals surface area contributed by atoms with Crippen LogP contribution in [0.1, 0.15) is 24.8 Å². The number of hydrogen-bond acceptors (Lipinski definition) is 4. The summed E-state index contributed by atoms with van der Waals surface area (Å²) in [5.74, 6) is 0.840. The Morgan fingerprint density at radius 3 is 3.10 bits per heavy atom. The largest absolute Gasteiger partial charge is 0.493 e. The molecule has 0 aromatic heterocycles. The van der Waals surface area contributed by atoms with E-state index in [-0.39, 0.29) is 18.1 Å². The summed E-state index contributed by atoms with van der Waals surface area (Å²) in [6.07, 6.45) is 3.25. The van der Waals surface area contributed by atoms with Crippen LogP contribution in [0.5, 0.6) is 5.75 Å². The maximum atomic E-state index is 12.1. The van der Waals surface area contributed by atoms with Crippen LogP contribution in [0.15, 0.2) is 18.2 Å². The zero-order chi connectivity index (χ0) is 13.9. The number of anilines is 1. The van der Waals surface area contributed by atoms with E-state index in [1.807, 2.05) is 18.2 Å². The monoisotopic (exact) mass is 276 g/mol. The highest BCUT2D eigenvalue weighted by atomic mass is 16.5. The summed E-state index contributed by atoms with van der Waals surface area (Å²) in [7, 11) is 0. The summed E-state index contributed by atoms with van der Waals surface area (Å²) in [6.45, 7) is 1.25. The number of carbonyl (C=O) groups is 1. The molecule has 1 saturated heterocycles. The van der Waals surface area contributed by atoms with Crippen molar-refractivity contribution in [3.8, 4) is 5.75 Å². The van der Waals surface area contributed by atoms with Crippen LogP contribution >= 0.6 is 0 Å². The zero-order valence-electron chi connectivity index (χ0n) is 11.4. The van der Waals surface area contributed by atoms with Crippen molar-refractivity contribution in [3.63, 3.8) is 0 Å². The summed E-state index contributed by atoms with van der Waals surface area (Å²) < 4.78 is 11.2. The fourth-order valence-corrected chi connectivity index (χ4v) is 2.73. The van der Waals surface area contributed by atoms with E-state index < -0.39 is 0 Å².